The highest BCUT2D eigenvalue weighted by atomic mass is 16.3. The van der Waals surface area contributed by atoms with Crippen molar-refractivity contribution in [3.05, 3.63) is 47.7 Å². The van der Waals surface area contributed by atoms with E-state index in [1.54, 1.807) is 0 Å². The van der Waals surface area contributed by atoms with E-state index in [-0.39, 0.29) is 19.1 Å². The molecule has 0 unspecified atom stereocenters. The van der Waals surface area contributed by atoms with E-state index >= 15 is 0 Å². The van der Waals surface area contributed by atoms with Gasteiger partial charge >= 0.3 is 0 Å². The Morgan fingerprint density at radius 1 is 1.13 bits per heavy atom. The summed E-state index contributed by atoms with van der Waals surface area (Å²) in [5.41, 5.74) is 10.9. The molecule has 2 aliphatic rings. The fourth-order valence-electron chi connectivity index (χ4n) is 4.86. The minimum absolute atomic E-state index is 0.0963. The number of amides is 1. The Labute approximate surface area is 178 Å². The molecule has 4 rings (SSSR count). The predicted octanol–water partition coefficient (Wildman–Crippen LogP) is 2.72. The van der Waals surface area contributed by atoms with Crippen LogP contribution < -0.4 is 10.6 Å². The molecule has 2 heterocycles. The number of rotatable bonds is 6. The fraction of sp³-hybridized carbons (Fsp3) is 0.500. The zero-order chi connectivity index (χ0) is 20.9. The summed E-state index contributed by atoms with van der Waals surface area (Å²) in [6.07, 6.45) is 6.95. The van der Waals surface area contributed by atoms with Crippen LogP contribution in [-0.4, -0.2) is 53.2 Å². The van der Waals surface area contributed by atoms with Crippen molar-refractivity contribution in [3.63, 3.8) is 0 Å². The number of carbonyl (C=O) groups is 1. The van der Waals surface area contributed by atoms with Crippen molar-refractivity contribution in [3.8, 4) is 11.3 Å². The third kappa shape index (κ3) is 4.82. The van der Waals surface area contributed by atoms with Gasteiger partial charge in [-0.2, -0.15) is 0 Å². The summed E-state index contributed by atoms with van der Waals surface area (Å²) < 4.78 is 0. The van der Waals surface area contributed by atoms with Crippen molar-refractivity contribution >= 4 is 11.6 Å². The van der Waals surface area contributed by atoms with Gasteiger partial charge in [-0.25, -0.2) is 0 Å². The first-order valence-electron chi connectivity index (χ1n) is 11.1. The van der Waals surface area contributed by atoms with Gasteiger partial charge in [0.1, 0.15) is 0 Å². The Hall–Kier alpha value is -2.44. The number of anilines is 1. The Morgan fingerprint density at radius 2 is 1.97 bits per heavy atom. The molecule has 160 valence electrons. The number of carbonyl (C=O) groups excluding carboxylic acids is 1. The Balaban J connectivity index is 1.68. The second kappa shape index (κ2) is 9.58. The molecule has 0 radical (unpaired) electrons. The van der Waals surface area contributed by atoms with Crippen LogP contribution in [0.1, 0.15) is 43.4 Å². The molecule has 1 aromatic carbocycles. The molecule has 0 saturated heterocycles. The van der Waals surface area contributed by atoms with Crippen LogP contribution in [0.3, 0.4) is 0 Å². The molecule has 1 amide bonds. The van der Waals surface area contributed by atoms with Crippen molar-refractivity contribution in [2.45, 2.75) is 51.1 Å². The van der Waals surface area contributed by atoms with Gasteiger partial charge in [-0.1, -0.05) is 31.4 Å². The Morgan fingerprint density at radius 3 is 2.73 bits per heavy atom. The van der Waals surface area contributed by atoms with Gasteiger partial charge in [0.15, 0.2) is 0 Å². The molecule has 1 aromatic heterocycles. The number of primary amides is 1. The smallest absolute Gasteiger partial charge is 0.231 e. The molecule has 0 spiro atoms. The lowest BCUT2D eigenvalue weighted by molar-refractivity contribution is -0.119. The van der Waals surface area contributed by atoms with Gasteiger partial charge in [-0.3, -0.25) is 14.7 Å². The molecule has 1 aliphatic carbocycles. The van der Waals surface area contributed by atoms with Gasteiger partial charge in [0.05, 0.1) is 12.2 Å². The lowest BCUT2D eigenvalue weighted by atomic mass is 9.93. The summed E-state index contributed by atoms with van der Waals surface area (Å²) in [6.45, 7) is 2.86. The fourth-order valence-corrected chi connectivity index (χ4v) is 4.86. The Kier molecular flexibility index (Phi) is 6.65. The number of nitrogens with zero attached hydrogens (tertiary/aromatic N) is 3. The average Bonchev–Trinajstić information content (AvgIpc) is 2.93. The number of hydrogen-bond donors (Lipinski definition) is 2. The summed E-state index contributed by atoms with van der Waals surface area (Å²) in [6, 6.07) is 13.1. The maximum absolute atomic E-state index is 11.6. The predicted molar refractivity (Wildman–Crippen MR) is 119 cm³/mol. The Bertz CT molecular complexity index is 879. The van der Waals surface area contributed by atoms with Crippen molar-refractivity contribution in [1.82, 2.24) is 9.88 Å². The second-order valence-corrected chi connectivity index (χ2v) is 8.49. The first-order valence-corrected chi connectivity index (χ1v) is 11.1. The number of aromatic nitrogens is 1. The maximum Gasteiger partial charge on any atom is 0.231 e. The molecule has 1 fully saturated rings. The minimum Gasteiger partial charge on any atom is -0.396 e. The maximum atomic E-state index is 11.6. The minimum atomic E-state index is -0.280. The quantitative estimate of drug-likeness (QED) is 0.768. The van der Waals surface area contributed by atoms with Crippen LogP contribution in [0, 0.1) is 0 Å². The van der Waals surface area contributed by atoms with Gasteiger partial charge in [0.25, 0.3) is 0 Å². The SMILES string of the molecule is NC(=O)CN1CCN(C2CCCCC2)c2ccc(-c3cccc(CCO)n3)cc2C1. The van der Waals surface area contributed by atoms with Crippen LogP contribution in [0.25, 0.3) is 11.3 Å². The summed E-state index contributed by atoms with van der Waals surface area (Å²) >= 11 is 0. The first-order chi connectivity index (χ1) is 14.6. The standard InChI is InChI=1S/C24H32N4O2/c25-24(30)17-27-12-13-28(21-6-2-1-3-7-21)23-10-9-18(15-19(23)16-27)22-8-4-5-20(26-22)11-14-29/h4-5,8-10,15,21,29H,1-3,6-7,11-14,16-17H2,(H2,25,30). The lowest BCUT2D eigenvalue weighted by Crippen LogP contribution is -2.41. The van der Waals surface area contributed by atoms with Crippen LogP contribution in [-0.2, 0) is 17.8 Å². The highest BCUT2D eigenvalue weighted by Crippen LogP contribution is 2.34. The molecule has 3 N–H and O–H groups in total. The van der Waals surface area contributed by atoms with Crippen LogP contribution in [0.15, 0.2) is 36.4 Å². The van der Waals surface area contributed by atoms with Crippen molar-refractivity contribution in [2.24, 2.45) is 5.73 Å². The lowest BCUT2D eigenvalue weighted by Gasteiger charge is -2.36. The van der Waals surface area contributed by atoms with Gasteiger partial charge in [-0.05, 0) is 42.7 Å². The van der Waals surface area contributed by atoms with Gasteiger partial charge in [0, 0.05) is 55.6 Å². The topological polar surface area (TPSA) is 82.7 Å². The zero-order valence-corrected chi connectivity index (χ0v) is 17.6. The van der Waals surface area contributed by atoms with E-state index < -0.39 is 0 Å². The van der Waals surface area contributed by atoms with Crippen LogP contribution in [0.4, 0.5) is 5.69 Å². The van der Waals surface area contributed by atoms with E-state index in [1.807, 2.05) is 18.2 Å². The normalized spacial score (nSPS) is 18.1. The van der Waals surface area contributed by atoms with Crippen LogP contribution in [0.2, 0.25) is 0 Å². The molecule has 0 bridgehead atoms. The van der Waals surface area contributed by atoms with Crippen LogP contribution in [0.5, 0.6) is 0 Å². The number of fused-ring (bicyclic) bond motifs is 1. The number of hydrogen-bond acceptors (Lipinski definition) is 5. The summed E-state index contributed by atoms with van der Waals surface area (Å²) in [5.74, 6) is -0.280. The van der Waals surface area contributed by atoms with E-state index in [9.17, 15) is 9.90 Å². The van der Waals surface area contributed by atoms with Crippen molar-refractivity contribution in [1.29, 1.82) is 0 Å². The summed E-state index contributed by atoms with van der Waals surface area (Å²) in [7, 11) is 0. The highest BCUT2D eigenvalue weighted by Gasteiger charge is 2.27. The average molecular weight is 409 g/mol. The molecule has 0 atom stereocenters. The number of aliphatic hydroxyl groups excluding tert-OH is 1. The van der Waals surface area contributed by atoms with Gasteiger partial charge in [0.2, 0.25) is 5.91 Å². The number of pyridine rings is 1. The molecule has 6 heteroatoms. The molecule has 2 aromatic rings. The van der Waals surface area contributed by atoms with E-state index in [1.165, 1.54) is 43.4 Å². The monoisotopic (exact) mass is 408 g/mol. The van der Waals surface area contributed by atoms with E-state index in [4.69, 9.17) is 10.7 Å². The van der Waals surface area contributed by atoms with E-state index in [2.05, 4.69) is 28.0 Å². The molecule has 1 saturated carbocycles. The third-order valence-corrected chi connectivity index (χ3v) is 6.31. The second-order valence-electron chi connectivity index (χ2n) is 8.49. The van der Waals surface area contributed by atoms with Crippen molar-refractivity contribution in [2.75, 3.05) is 31.1 Å². The van der Waals surface area contributed by atoms with Crippen LogP contribution >= 0.6 is 0 Å². The summed E-state index contributed by atoms with van der Waals surface area (Å²) in [4.78, 5) is 21.0. The largest absolute Gasteiger partial charge is 0.396 e. The van der Waals surface area contributed by atoms with E-state index in [0.29, 0.717) is 19.0 Å². The molecule has 1 aliphatic heterocycles. The zero-order valence-electron chi connectivity index (χ0n) is 17.6. The van der Waals surface area contributed by atoms with Gasteiger partial charge < -0.3 is 15.7 Å². The highest BCUT2D eigenvalue weighted by molar-refractivity contribution is 5.76. The number of aliphatic hydroxyl groups is 1. The molecular weight excluding hydrogens is 376 g/mol. The van der Waals surface area contributed by atoms with Gasteiger partial charge in [-0.15, -0.1) is 0 Å². The molecule has 6 nitrogen and oxygen atoms in total. The number of nitrogens with two attached hydrogens (primary N) is 1. The van der Waals surface area contributed by atoms with E-state index in [0.717, 1.165) is 30.0 Å². The molecular formula is C24H32N4O2. The third-order valence-electron chi connectivity index (χ3n) is 6.31. The molecule has 30 heavy (non-hydrogen) atoms. The number of benzene rings is 1. The first kappa shape index (κ1) is 20.8. The van der Waals surface area contributed by atoms with Crippen molar-refractivity contribution < 1.29 is 9.90 Å². The summed E-state index contributed by atoms with van der Waals surface area (Å²) in [5, 5.41) is 9.24.